The van der Waals surface area contributed by atoms with E-state index in [0.29, 0.717) is 0 Å². The number of aliphatic imine (C=N–C) groups is 1. The molecule has 1 amide bonds. The van der Waals surface area contributed by atoms with Crippen LogP contribution in [0.4, 0.5) is 0 Å². The molecule has 0 aromatic heterocycles. The van der Waals surface area contributed by atoms with Crippen molar-refractivity contribution in [2.45, 2.75) is 20.3 Å². The fraction of sp³-hybridized carbons (Fsp3) is 0.714. The Morgan fingerprint density at radius 3 is 2.80 bits per heavy atom. The highest BCUT2D eigenvalue weighted by Gasteiger charge is 2.13. The van der Waals surface area contributed by atoms with Crippen LogP contribution in [0, 0.1) is 0 Å². The predicted molar refractivity (Wildman–Crippen MR) is 40.0 cm³/mol. The molecule has 0 aromatic rings. The van der Waals surface area contributed by atoms with Gasteiger partial charge in [0.1, 0.15) is 5.84 Å². The first-order valence-corrected chi connectivity index (χ1v) is 3.51. The molecule has 0 atom stereocenters. The highest BCUT2D eigenvalue weighted by molar-refractivity contribution is 5.96. The van der Waals surface area contributed by atoms with Crippen LogP contribution in [0.5, 0.6) is 0 Å². The molecule has 10 heavy (non-hydrogen) atoms. The number of hydrogen-bond acceptors (Lipinski definition) is 2. The highest BCUT2D eigenvalue weighted by atomic mass is 16.2. The summed E-state index contributed by atoms with van der Waals surface area (Å²) in [6, 6.07) is 0. The van der Waals surface area contributed by atoms with E-state index in [1.807, 2.05) is 6.92 Å². The third-order valence-electron chi connectivity index (χ3n) is 1.65. The fourth-order valence-electron chi connectivity index (χ4n) is 1.10. The maximum absolute atomic E-state index is 10.9. The lowest BCUT2D eigenvalue weighted by molar-refractivity contribution is -0.125. The van der Waals surface area contributed by atoms with Crippen LogP contribution in [0.1, 0.15) is 20.3 Å². The molecule has 0 aliphatic carbocycles. The Hall–Kier alpha value is -0.860. The molecular formula is C7H12N2O. The second-order valence-corrected chi connectivity index (χ2v) is 2.45. The van der Waals surface area contributed by atoms with E-state index in [1.54, 1.807) is 11.8 Å². The summed E-state index contributed by atoms with van der Waals surface area (Å²) >= 11 is 0. The minimum absolute atomic E-state index is 0.0981. The van der Waals surface area contributed by atoms with E-state index in [0.717, 1.165) is 25.3 Å². The van der Waals surface area contributed by atoms with Gasteiger partial charge in [-0.25, -0.2) is 0 Å². The third kappa shape index (κ3) is 1.35. The summed E-state index contributed by atoms with van der Waals surface area (Å²) in [5, 5.41) is 0. The first-order chi connectivity index (χ1) is 4.72. The zero-order chi connectivity index (χ0) is 7.56. The minimum Gasteiger partial charge on any atom is -0.301 e. The van der Waals surface area contributed by atoms with Gasteiger partial charge in [0.15, 0.2) is 0 Å². The van der Waals surface area contributed by atoms with E-state index < -0.39 is 0 Å². The largest absolute Gasteiger partial charge is 0.301 e. The first-order valence-electron chi connectivity index (χ1n) is 3.51. The van der Waals surface area contributed by atoms with Crippen molar-refractivity contribution in [1.82, 2.24) is 4.90 Å². The summed E-state index contributed by atoms with van der Waals surface area (Å²) in [5.74, 6) is 0.958. The second kappa shape index (κ2) is 2.82. The number of hydrogen-bond donors (Lipinski definition) is 0. The van der Waals surface area contributed by atoms with Crippen LogP contribution in [0.2, 0.25) is 0 Å². The smallest absolute Gasteiger partial charge is 0.224 e. The van der Waals surface area contributed by atoms with Crippen LogP contribution >= 0.6 is 0 Å². The van der Waals surface area contributed by atoms with Crippen LogP contribution in [0.3, 0.4) is 0 Å². The lowest BCUT2D eigenvalue weighted by Gasteiger charge is -2.23. The quantitative estimate of drug-likeness (QED) is 0.486. The van der Waals surface area contributed by atoms with Gasteiger partial charge in [-0.2, -0.15) is 0 Å². The Labute approximate surface area is 60.7 Å². The van der Waals surface area contributed by atoms with Crippen molar-refractivity contribution in [2.24, 2.45) is 4.99 Å². The third-order valence-corrected chi connectivity index (χ3v) is 1.65. The number of carbonyl (C=O) groups excluding carboxylic acids is 1. The lowest BCUT2D eigenvalue weighted by Crippen LogP contribution is -2.37. The van der Waals surface area contributed by atoms with Crippen molar-refractivity contribution in [3.63, 3.8) is 0 Å². The molecule has 56 valence electrons. The standard InChI is InChI=1S/C7H12N2O/c1-6-8-4-3-5-9(6)7(2)10/h3-5H2,1-2H3. The van der Waals surface area contributed by atoms with E-state index in [9.17, 15) is 4.79 Å². The zero-order valence-corrected chi connectivity index (χ0v) is 6.42. The van der Waals surface area contributed by atoms with E-state index >= 15 is 0 Å². The summed E-state index contributed by atoms with van der Waals surface area (Å²) in [7, 11) is 0. The molecule has 1 aliphatic rings. The number of nitrogens with zero attached hydrogens (tertiary/aromatic N) is 2. The van der Waals surface area contributed by atoms with Gasteiger partial charge in [-0.3, -0.25) is 9.79 Å². The number of carbonyl (C=O) groups is 1. The Morgan fingerprint density at radius 1 is 1.70 bits per heavy atom. The summed E-state index contributed by atoms with van der Waals surface area (Å²) in [6.45, 7) is 5.16. The van der Waals surface area contributed by atoms with Crippen molar-refractivity contribution >= 4 is 11.7 Å². The number of amides is 1. The topological polar surface area (TPSA) is 32.7 Å². The van der Waals surface area contributed by atoms with Gasteiger partial charge in [-0.05, 0) is 13.3 Å². The molecule has 0 bridgehead atoms. The zero-order valence-electron chi connectivity index (χ0n) is 6.42. The average molecular weight is 140 g/mol. The molecule has 0 spiro atoms. The molecule has 0 fully saturated rings. The molecule has 0 N–H and O–H groups in total. The van der Waals surface area contributed by atoms with Gasteiger partial charge in [0.25, 0.3) is 0 Å². The van der Waals surface area contributed by atoms with Crippen molar-refractivity contribution < 1.29 is 4.79 Å². The summed E-state index contributed by atoms with van der Waals surface area (Å²) < 4.78 is 0. The molecule has 1 aliphatic heterocycles. The Bertz CT molecular complexity index is 174. The maximum atomic E-state index is 10.9. The van der Waals surface area contributed by atoms with Gasteiger partial charge < -0.3 is 4.90 Å². The van der Waals surface area contributed by atoms with Crippen LogP contribution in [-0.4, -0.2) is 29.7 Å². The van der Waals surface area contributed by atoms with Crippen molar-refractivity contribution in [1.29, 1.82) is 0 Å². The molecule has 0 saturated heterocycles. The van der Waals surface area contributed by atoms with Crippen molar-refractivity contribution in [3.05, 3.63) is 0 Å². The molecule has 3 nitrogen and oxygen atoms in total. The van der Waals surface area contributed by atoms with E-state index in [1.165, 1.54) is 0 Å². The van der Waals surface area contributed by atoms with Crippen LogP contribution in [0.25, 0.3) is 0 Å². The Kier molecular flexibility index (Phi) is 2.04. The molecule has 1 heterocycles. The highest BCUT2D eigenvalue weighted by Crippen LogP contribution is 2.01. The number of amidine groups is 1. The van der Waals surface area contributed by atoms with Gasteiger partial charge >= 0.3 is 0 Å². The van der Waals surface area contributed by atoms with E-state index in [2.05, 4.69) is 4.99 Å². The molecular weight excluding hydrogens is 128 g/mol. The predicted octanol–water partition coefficient (Wildman–Crippen LogP) is 0.657. The fourth-order valence-corrected chi connectivity index (χ4v) is 1.10. The van der Waals surface area contributed by atoms with Crippen LogP contribution < -0.4 is 0 Å². The monoisotopic (exact) mass is 140 g/mol. The van der Waals surface area contributed by atoms with Crippen molar-refractivity contribution in [2.75, 3.05) is 13.1 Å². The Morgan fingerprint density at radius 2 is 2.40 bits per heavy atom. The van der Waals surface area contributed by atoms with Crippen molar-refractivity contribution in [3.8, 4) is 0 Å². The van der Waals surface area contributed by atoms with Gasteiger partial charge in [-0.1, -0.05) is 0 Å². The molecule has 0 saturated carbocycles. The maximum Gasteiger partial charge on any atom is 0.224 e. The first kappa shape index (κ1) is 7.25. The van der Waals surface area contributed by atoms with Gasteiger partial charge in [-0.15, -0.1) is 0 Å². The molecule has 0 unspecified atom stereocenters. The van der Waals surface area contributed by atoms with Gasteiger partial charge in [0.2, 0.25) is 5.91 Å². The second-order valence-electron chi connectivity index (χ2n) is 2.45. The number of rotatable bonds is 0. The molecule has 1 rings (SSSR count). The van der Waals surface area contributed by atoms with Gasteiger partial charge in [0, 0.05) is 20.0 Å². The average Bonchev–Trinajstić information content (AvgIpc) is 1.88. The van der Waals surface area contributed by atoms with Crippen LogP contribution in [-0.2, 0) is 4.79 Å². The molecule has 0 aromatic carbocycles. The molecule has 0 radical (unpaired) electrons. The van der Waals surface area contributed by atoms with E-state index in [-0.39, 0.29) is 5.91 Å². The Balaban J connectivity index is 2.67. The summed E-state index contributed by atoms with van der Waals surface area (Å²) in [4.78, 5) is 16.7. The molecule has 3 heteroatoms. The summed E-state index contributed by atoms with van der Waals surface area (Å²) in [5.41, 5.74) is 0. The van der Waals surface area contributed by atoms with E-state index in [4.69, 9.17) is 0 Å². The normalized spacial score (nSPS) is 18.6. The lowest BCUT2D eigenvalue weighted by atomic mass is 10.3. The van der Waals surface area contributed by atoms with Crippen LogP contribution in [0.15, 0.2) is 4.99 Å². The minimum atomic E-state index is 0.0981. The SMILES string of the molecule is CC(=O)N1CCCN=C1C. The van der Waals surface area contributed by atoms with Gasteiger partial charge in [0.05, 0.1) is 0 Å². The summed E-state index contributed by atoms with van der Waals surface area (Å²) in [6.07, 6.45) is 0.997.